The number of nitrogens with zero attached hydrogens (tertiary/aromatic N) is 3. The van der Waals surface area contributed by atoms with Crippen molar-refractivity contribution >= 4 is 27.5 Å². The number of amides is 2. The molecule has 3 heterocycles. The van der Waals surface area contributed by atoms with Gasteiger partial charge in [-0.1, -0.05) is 24.3 Å². The summed E-state index contributed by atoms with van der Waals surface area (Å²) in [6.07, 6.45) is 2.59. The van der Waals surface area contributed by atoms with E-state index in [1.54, 1.807) is 23.1 Å². The van der Waals surface area contributed by atoms with E-state index in [9.17, 15) is 18.0 Å². The van der Waals surface area contributed by atoms with Crippen molar-refractivity contribution in [3.8, 4) is 0 Å². The first-order valence-corrected chi connectivity index (χ1v) is 13.5. The SMILES string of the molecule is CC(=O)N1c2ccc(S(=O)(=O)N3CCC(C(=O)N4CCc5ccccc5C4)CC3)cc2CC1C. The fourth-order valence-electron chi connectivity index (χ4n) is 5.68. The van der Waals surface area contributed by atoms with Gasteiger partial charge in [0.05, 0.1) is 4.90 Å². The number of anilines is 1. The van der Waals surface area contributed by atoms with Gasteiger partial charge in [-0.25, -0.2) is 8.42 Å². The molecular formula is C26H31N3O4S. The molecule has 0 radical (unpaired) electrons. The first-order chi connectivity index (χ1) is 16.3. The topological polar surface area (TPSA) is 78.0 Å². The molecule has 0 spiro atoms. The van der Waals surface area contributed by atoms with Gasteiger partial charge in [-0.3, -0.25) is 9.59 Å². The lowest BCUT2D eigenvalue weighted by atomic mass is 9.94. The Balaban J connectivity index is 1.25. The van der Waals surface area contributed by atoms with Crippen molar-refractivity contribution in [3.63, 3.8) is 0 Å². The van der Waals surface area contributed by atoms with Crippen molar-refractivity contribution in [3.05, 3.63) is 59.2 Å². The van der Waals surface area contributed by atoms with Gasteiger partial charge in [0.2, 0.25) is 21.8 Å². The zero-order valence-electron chi connectivity index (χ0n) is 19.7. The predicted octanol–water partition coefficient (Wildman–Crippen LogP) is 2.97. The van der Waals surface area contributed by atoms with E-state index in [-0.39, 0.29) is 28.7 Å². The molecule has 2 aromatic carbocycles. The van der Waals surface area contributed by atoms with Crippen LogP contribution in [0.5, 0.6) is 0 Å². The molecule has 3 aliphatic heterocycles. The van der Waals surface area contributed by atoms with Crippen molar-refractivity contribution in [1.29, 1.82) is 0 Å². The maximum absolute atomic E-state index is 13.3. The molecule has 1 atom stereocenters. The molecule has 7 nitrogen and oxygen atoms in total. The molecule has 180 valence electrons. The number of piperidine rings is 1. The highest BCUT2D eigenvalue weighted by atomic mass is 32.2. The molecule has 1 fully saturated rings. The van der Waals surface area contributed by atoms with Crippen LogP contribution < -0.4 is 4.90 Å². The average molecular weight is 482 g/mol. The molecule has 0 aromatic heterocycles. The Morgan fingerprint density at radius 3 is 2.35 bits per heavy atom. The summed E-state index contributed by atoms with van der Waals surface area (Å²) in [5.41, 5.74) is 4.20. The first kappa shape index (κ1) is 23.1. The van der Waals surface area contributed by atoms with Gasteiger partial charge in [-0.05, 0) is 67.5 Å². The summed E-state index contributed by atoms with van der Waals surface area (Å²) >= 11 is 0. The number of fused-ring (bicyclic) bond motifs is 2. The minimum Gasteiger partial charge on any atom is -0.338 e. The summed E-state index contributed by atoms with van der Waals surface area (Å²) in [4.78, 5) is 29.1. The molecule has 2 aromatic rings. The van der Waals surface area contributed by atoms with Gasteiger partial charge in [0.1, 0.15) is 0 Å². The molecule has 8 heteroatoms. The molecule has 34 heavy (non-hydrogen) atoms. The van der Waals surface area contributed by atoms with E-state index in [0.29, 0.717) is 38.9 Å². The molecule has 5 rings (SSSR count). The summed E-state index contributed by atoms with van der Waals surface area (Å²) in [5.74, 6) is -0.0325. The summed E-state index contributed by atoms with van der Waals surface area (Å²) in [6, 6.07) is 13.3. The van der Waals surface area contributed by atoms with E-state index >= 15 is 0 Å². The number of sulfonamides is 1. The summed E-state index contributed by atoms with van der Waals surface area (Å²) < 4.78 is 28.2. The molecule has 3 aliphatic rings. The smallest absolute Gasteiger partial charge is 0.243 e. The van der Waals surface area contributed by atoms with Crippen molar-refractivity contribution in [1.82, 2.24) is 9.21 Å². The highest BCUT2D eigenvalue weighted by Crippen LogP contribution is 2.35. The van der Waals surface area contributed by atoms with Gasteiger partial charge < -0.3 is 9.80 Å². The van der Waals surface area contributed by atoms with E-state index in [1.807, 2.05) is 24.0 Å². The van der Waals surface area contributed by atoms with Crippen LogP contribution in [0.15, 0.2) is 47.4 Å². The van der Waals surface area contributed by atoms with Gasteiger partial charge in [0.25, 0.3) is 0 Å². The van der Waals surface area contributed by atoms with Crippen molar-refractivity contribution in [2.24, 2.45) is 5.92 Å². The fraction of sp³-hybridized carbons (Fsp3) is 0.462. The van der Waals surface area contributed by atoms with E-state index in [1.165, 1.54) is 22.4 Å². The highest BCUT2D eigenvalue weighted by Gasteiger charge is 2.36. The van der Waals surface area contributed by atoms with Crippen LogP contribution in [-0.2, 0) is 39.0 Å². The minimum absolute atomic E-state index is 0.0222. The van der Waals surface area contributed by atoms with Crippen LogP contribution in [0.2, 0.25) is 0 Å². The van der Waals surface area contributed by atoms with Crippen molar-refractivity contribution in [2.75, 3.05) is 24.5 Å². The Morgan fingerprint density at radius 2 is 1.65 bits per heavy atom. The Morgan fingerprint density at radius 1 is 0.941 bits per heavy atom. The lowest BCUT2D eigenvalue weighted by Gasteiger charge is -2.35. The second kappa shape index (κ2) is 8.82. The highest BCUT2D eigenvalue weighted by molar-refractivity contribution is 7.89. The second-order valence-electron chi connectivity index (χ2n) is 9.69. The van der Waals surface area contributed by atoms with E-state index in [0.717, 1.165) is 24.2 Å². The number of rotatable bonds is 3. The van der Waals surface area contributed by atoms with Gasteiger partial charge in [-0.2, -0.15) is 4.31 Å². The van der Waals surface area contributed by atoms with Crippen LogP contribution in [0.4, 0.5) is 5.69 Å². The largest absolute Gasteiger partial charge is 0.338 e. The molecule has 2 amide bonds. The zero-order valence-corrected chi connectivity index (χ0v) is 20.6. The number of carbonyl (C=O) groups excluding carboxylic acids is 2. The number of hydrogen-bond acceptors (Lipinski definition) is 4. The molecule has 0 N–H and O–H groups in total. The van der Waals surface area contributed by atoms with Crippen molar-refractivity contribution in [2.45, 2.75) is 57.0 Å². The van der Waals surface area contributed by atoms with Gasteiger partial charge in [0.15, 0.2) is 0 Å². The van der Waals surface area contributed by atoms with Crippen LogP contribution in [0.3, 0.4) is 0 Å². The third kappa shape index (κ3) is 4.03. The molecule has 1 unspecified atom stereocenters. The summed E-state index contributed by atoms with van der Waals surface area (Å²) in [5, 5.41) is 0. The van der Waals surface area contributed by atoms with Crippen LogP contribution in [0.25, 0.3) is 0 Å². The van der Waals surface area contributed by atoms with E-state index in [2.05, 4.69) is 12.1 Å². The van der Waals surface area contributed by atoms with Gasteiger partial charge in [-0.15, -0.1) is 0 Å². The van der Waals surface area contributed by atoms with Crippen LogP contribution >= 0.6 is 0 Å². The predicted molar refractivity (Wildman–Crippen MR) is 130 cm³/mol. The lowest BCUT2D eigenvalue weighted by Crippen LogP contribution is -2.45. The quantitative estimate of drug-likeness (QED) is 0.675. The summed E-state index contributed by atoms with van der Waals surface area (Å²) in [7, 11) is -3.65. The molecule has 0 saturated carbocycles. The zero-order chi connectivity index (χ0) is 24.0. The van der Waals surface area contributed by atoms with Gasteiger partial charge >= 0.3 is 0 Å². The van der Waals surface area contributed by atoms with Crippen LogP contribution in [0, 0.1) is 5.92 Å². The van der Waals surface area contributed by atoms with Crippen LogP contribution in [-0.4, -0.2) is 55.1 Å². The summed E-state index contributed by atoms with van der Waals surface area (Å²) in [6.45, 7) is 5.55. The monoisotopic (exact) mass is 481 g/mol. The maximum atomic E-state index is 13.3. The fourth-order valence-corrected chi connectivity index (χ4v) is 7.20. The van der Waals surface area contributed by atoms with Crippen LogP contribution in [0.1, 0.15) is 43.4 Å². The minimum atomic E-state index is -3.65. The third-order valence-corrected chi connectivity index (χ3v) is 9.38. The van der Waals surface area contributed by atoms with E-state index < -0.39 is 10.0 Å². The van der Waals surface area contributed by atoms with Gasteiger partial charge in [0, 0.05) is 50.7 Å². The van der Waals surface area contributed by atoms with Crippen molar-refractivity contribution < 1.29 is 18.0 Å². The number of hydrogen-bond donors (Lipinski definition) is 0. The Hall–Kier alpha value is -2.71. The van der Waals surface area contributed by atoms with E-state index in [4.69, 9.17) is 0 Å². The third-order valence-electron chi connectivity index (χ3n) is 7.49. The Kier molecular flexibility index (Phi) is 5.98. The normalized spacial score (nSPS) is 21.3. The lowest BCUT2D eigenvalue weighted by molar-refractivity contribution is -0.137. The molecule has 0 bridgehead atoms. The first-order valence-electron chi connectivity index (χ1n) is 12.0. The maximum Gasteiger partial charge on any atom is 0.243 e. The second-order valence-corrected chi connectivity index (χ2v) is 11.6. The standard InChI is InChI=1S/C26H31N3O4S/c1-18-15-23-16-24(7-8-25(23)29(18)19(2)30)34(32,33)28-13-10-21(11-14-28)26(31)27-12-9-20-5-3-4-6-22(20)17-27/h3-8,16,18,21H,9-15,17H2,1-2H3. The number of benzene rings is 2. The Labute approximate surface area is 201 Å². The Bertz CT molecular complexity index is 1230. The molecule has 1 saturated heterocycles. The average Bonchev–Trinajstić information content (AvgIpc) is 3.18. The number of carbonyl (C=O) groups is 2. The molecule has 0 aliphatic carbocycles. The molecular weight excluding hydrogens is 450 g/mol.